The summed E-state index contributed by atoms with van der Waals surface area (Å²) in [6.45, 7) is 5.31. The molecule has 0 aliphatic rings. The Morgan fingerprint density at radius 2 is 2.00 bits per heavy atom. The Kier molecular flexibility index (Phi) is 12.1. The molecule has 4 nitrogen and oxygen atoms in total. The number of esters is 1. The third-order valence-electron chi connectivity index (χ3n) is 0.774. The van der Waals surface area contributed by atoms with Crippen LogP contribution in [0.15, 0.2) is 0 Å². The minimum absolute atomic E-state index is 0.139. The van der Waals surface area contributed by atoms with Gasteiger partial charge in [-0.1, -0.05) is 6.92 Å². The lowest BCUT2D eigenvalue weighted by molar-refractivity contribution is -0.140. The van der Waals surface area contributed by atoms with E-state index in [1.54, 1.807) is 0 Å². The molecule has 0 spiro atoms. The largest absolute Gasteiger partial charge is 0.466 e. The van der Waals surface area contributed by atoms with Crippen LogP contribution in [0.25, 0.3) is 0 Å². The second kappa shape index (κ2) is 10.4. The van der Waals surface area contributed by atoms with Crippen molar-refractivity contribution in [2.45, 2.75) is 33.3 Å². The third-order valence-corrected chi connectivity index (χ3v) is 0.774. The molecule has 0 saturated carbocycles. The quantitative estimate of drug-likeness (QED) is 0.611. The molecule has 0 aliphatic carbocycles. The number of hydrogen-bond acceptors (Lipinski definition) is 4. The number of ether oxygens (including phenoxy) is 1. The van der Waals surface area contributed by atoms with Gasteiger partial charge in [0.25, 0.3) is 0 Å². The molecule has 0 bridgehead atoms. The third kappa shape index (κ3) is 22.8. The molecule has 0 saturated heterocycles. The van der Waals surface area contributed by atoms with Gasteiger partial charge in [-0.2, -0.15) is 0 Å². The maximum atomic E-state index is 9.98. The summed E-state index contributed by atoms with van der Waals surface area (Å²) >= 11 is 0. The maximum Gasteiger partial charge on any atom is 0.302 e. The highest BCUT2D eigenvalue weighted by atomic mass is 16.5. The Hall–Kier alpha value is -0.610. The second-order valence-corrected chi connectivity index (χ2v) is 2.37. The van der Waals surface area contributed by atoms with E-state index < -0.39 is 6.10 Å². The molecule has 0 aliphatic heterocycles. The first-order valence-corrected chi connectivity index (χ1v) is 3.96. The zero-order chi connectivity index (χ0) is 9.98. The van der Waals surface area contributed by atoms with Crippen LogP contribution in [0.3, 0.4) is 0 Å². The van der Waals surface area contributed by atoms with Crippen LogP contribution >= 0.6 is 0 Å². The van der Waals surface area contributed by atoms with Crippen molar-refractivity contribution < 1.29 is 19.7 Å². The molecule has 74 valence electrons. The van der Waals surface area contributed by atoms with Gasteiger partial charge in [-0.25, -0.2) is 0 Å². The van der Waals surface area contributed by atoms with Gasteiger partial charge in [-0.3, -0.25) is 4.79 Å². The smallest absolute Gasteiger partial charge is 0.302 e. The molecule has 0 amide bonds. The second-order valence-electron chi connectivity index (χ2n) is 2.37. The van der Waals surface area contributed by atoms with E-state index in [-0.39, 0.29) is 12.6 Å². The monoisotopic (exact) mass is 178 g/mol. The molecule has 0 aromatic carbocycles. The van der Waals surface area contributed by atoms with Crippen molar-refractivity contribution in [2.24, 2.45) is 0 Å². The van der Waals surface area contributed by atoms with E-state index in [0.717, 1.165) is 6.42 Å². The fourth-order valence-corrected chi connectivity index (χ4v) is 0.246. The first-order valence-electron chi connectivity index (χ1n) is 3.96. The van der Waals surface area contributed by atoms with Crippen LogP contribution in [-0.4, -0.2) is 35.5 Å². The Morgan fingerprint density at radius 3 is 2.08 bits per heavy atom. The van der Waals surface area contributed by atoms with Crippen molar-refractivity contribution in [1.29, 1.82) is 0 Å². The van der Waals surface area contributed by atoms with Crippen LogP contribution in [0.4, 0.5) is 0 Å². The Bertz CT molecular complexity index is 101. The molecule has 1 atom stereocenters. The molecule has 0 heterocycles. The predicted molar refractivity (Wildman–Crippen MR) is 45.7 cm³/mol. The van der Waals surface area contributed by atoms with Crippen LogP contribution in [0.5, 0.6) is 0 Å². The lowest BCUT2D eigenvalue weighted by Gasteiger charge is -1.93. The summed E-state index contributed by atoms with van der Waals surface area (Å²) < 4.78 is 4.55. The minimum Gasteiger partial charge on any atom is -0.466 e. The zero-order valence-electron chi connectivity index (χ0n) is 7.91. The standard InChI is InChI=1S/C5H10O2.C3H8O2/c1-3-4-7-5(2)6;1-3(5)2-4/h3-4H2,1-2H3;3-5H,2H2,1H3. The highest BCUT2D eigenvalue weighted by Gasteiger charge is 1.85. The van der Waals surface area contributed by atoms with Gasteiger partial charge >= 0.3 is 5.97 Å². The van der Waals surface area contributed by atoms with E-state index in [0.29, 0.717) is 6.61 Å². The SMILES string of the molecule is CC(O)CO.CCCOC(C)=O. The number of carbonyl (C=O) groups is 1. The van der Waals surface area contributed by atoms with Crippen molar-refractivity contribution >= 4 is 5.97 Å². The molecule has 1 unspecified atom stereocenters. The van der Waals surface area contributed by atoms with Crippen molar-refractivity contribution in [2.75, 3.05) is 13.2 Å². The van der Waals surface area contributed by atoms with Gasteiger partial charge in [-0.05, 0) is 13.3 Å². The number of aliphatic hydroxyl groups excluding tert-OH is 2. The first kappa shape index (κ1) is 13.9. The van der Waals surface area contributed by atoms with E-state index in [9.17, 15) is 4.79 Å². The van der Waals surface area contributed by atoms with E-state index >= 15 is 0 Å². The topological polar surface area (TPSA) is 66.8 Å². The van der Waals surface area contributed by atoms with Gasteiger partial charge in [0.2, 0.25) is 0 Å². The highest BCUT2D eigenvalue weighted by molar-refractivity contribution is 5.65. The predicted octanol–water partition coefficient (Wildman–Crippen LogP) is 0.319. The van der Waals surface area contributed by atoms with Gasteiger partial charge in [0.1, 0.15) is 0 Å². The normalized spacial score (nSPS) is 11.1. The summed E-state index contributed by atoms with van der Waals surface area (Å²) in [4.78, 5) is 9.98. The van der Waals surface area contributed by atoms with Gasteiger partial charge in [-0.15, -0.1) is 0 Å². The highest BCUT2D eigenvalue weighted by Crippen LogP contribution is 1.78. The molecule has 4 heteroatoms. The van der Waals surface area contributed by atoms with Crippen LogP contribution in [-0.2, 0) is 9.53 Å². The van der Waals surface area contributed by atoms with Crippen molar-refractivity contribution in [1.82, 2.24) is 0 Å². The van der Waals surface area contributed by atoms with E-state index in [4.69, 9.17) is 10.2 Å². The number of hydrogen-bond donors (Lipinski definition) is 2. The summed E-state index contributed by atoms with van der Waals surface area (Å²) in [6.07, 6.45) is 0.342. The lowest BCUT2D eigenvalue weighted by Crippen LogP contribution is -2.03. The average molecular weight is 178 g/mol. The summed E-state index contributed by atoms with van der Waals surface area (Å²) in [7, 11) is 0. The molecule has 0 rings (SSSR count). The van der Waals surface area contributed by atoms with E-state index in [1.165, 1.54) is 13.8 Å². The maximum absolute atomic E-state index is 9.98. The van der Waals surface area contributed by atoms with Crippen LogP contribution < -0.4 is 0 Å². The fraction of sp³-hybridized carbons (Fsp3) is 0.875. The molecule has 0 aromatic heterocycles. The number of carbonyl (C=O) groups excluding carboxylic acids is 1. The fourth-order valence-electron chi connectivity index (χ4n) is 0.246. The van der Waals surface area contributed by atoms with Gasteiger partial charge < -0.3 is 14.9 Å². The molecular weight excluding hydrogens is 160 g/mol. The van der Waals surface area contributed by atoms with Crippen molar-refractivity contribution in [3.05, 3.63) is 0 Å². The zero-order valence-corrected chi connectivity index (χ0v) is 7.91. The summed E-state index contributed by atoms with van der Waals surface area (Å²) in [5.41, 5.74) is 0. The molecule has 0 aromatic rings. The minimum atomic E-state index is -0.560. The van der Waals surface area contributed by atoms with Gasteiger partial charge in [0, 0.05) is 6.92 Å². The summed E-state index contributed by atoms with van der Waals surface area (Å²) in [5, 5.41) is 16.0. The van der Waals surface area contributed by atoms with E-state index in [2.05, 4.69) is 4.74 Å². The Balaban J connectivity index is 0. The Labute approximate surface area is 73.2 Å². The number of rotatable bonds is 3. The Morgan fingerprint density at radius 1 is 1.58 bits per heavy atom. The molecule has 0 radical (unpaired) electrons. The summed E-state index contributed by atoms with van der Waals surface area (Å²) in [6, 6.07) is 0. The number of aliphatic hydroxyl groups is 2. The summed E-state index contributed by atoms with van der Waals surface area (Å²) in [5.74, 6) is -0.193. The van der Waals surface area contributed by atoms with Crippen LogP contribution in [0.1, 0.15) is 27.2 Å². The molecule has 2 N–H and O–H groups in total. The van der Waals surface area contributed by atoms with Crippen molar-refractivity contribution in [3.8, 4) is 0 Å². The van der Waals surface area contributed by atoms with Crippen LogP contribution in [0, 0.1) is 0 Å². The molecule has 12 heavy (non-hydrogen) atoms. The van der Waals surface area contributed by atoms with E-state index in [1.807, 2.05) is 6.92 Å². The molecular formula is C8H18O4. The first-order chi connectivity index (χ1) is 5.54. The molecule has 0 fully saturated rings. The van der Waals surface area contributed by atoms with Gasteiger partial charge in [0.15, 0.2) is 0 Å². The van der Waals surface area contributed by atoms with Crippen LogP contribution in [0.2, 0.25) is 0 Å². The lowest BCUT2D eigenvalue weighted by atomic mass is 10.5. The van der Waals surface area contributed by atoms with Gasteiger partial charge in [0.05, 0.1) is 19.3 Å². The van der Waals surface area contributed by atoms with Crippen molar-refractivity contribution in [3.63, 3.8) is 0 Å². The average Bonchev–Trinajstić information content (AvgIpc) is 2.02.